The highest BCUT2D eigenvalue weighted by Crippen LogP contribution is 2.31. The molecule has 6 heteroatoms. The molecule has 0 saturated carbocycles. The molecule has 27 heavy (non-hydrogen) atoms. The van der Waals surface area contributed by atoms with E-state index < -0.39 is 27.6 Å². The van der Waals surface area contributed by atoms with E-state index in [0.717, 1.165) is 0 Å². The fourth-order valence-electron chi connectivity index (χ4n) is 2.92. The second-order valence-electron chi connectivity index (χ2n) is 7.45. The first-order valence-electron chi connectivity index (χ1n) is 8.84. The molecular weight excluding hydrogens is 364 g/mol. The summed E-state index contributed by atoms with van der Waals surface area (Å²) >= 11 is 0. The Labute approximate surface area is 161 Å². The summed E-state index contributed by atoms with van der Waals surface area (Å²) in [6.45, 7) is 7.41. The largest absolute Gasteiger partial charge is 0.458 e. The number of ether oxygens (including phenoxy) is 1. The maximum Gasteiger partial charge on any atom is 0.338 e. The van der Waals surface area contributed by atoms with Crippen molar-refractivity contribution in [1.82, 2.24) is 0 Å². The molecule has 0 spiro atoms. The molecule has 0 saturated heterocycles. The second kappa shape index (κ2) is 8.67. The summed E-state index contributed by atoms with van der Waals surface area (Å²) in [6, 6.07) is 16.7. The fraction of sp³-hybridized carbons (Fsp3) is 0.381. The lowest BCUT2D eigenvalue weighted by Crippen LogP contribution is -2.41. The molecule has 0 fully saturated rings. The molecule has 2 aromatic carbocycles. The van der Waals surface area contributed by atoms with Gasteiger partial charge in [0, 0.05) is 5.41 Å². The van der Waals surface area contributed by atoms with Gasteiger partial charge in [0.25, 0.3) is 10.1 Å². The summed E-state index contributed by atoms with van der Waals surface area (Å²) in [7, 11) is -3.87. The van der Waals surface area contributed by atoms with Crippen molar-refractivity contribution >= 4 is 16.1 Å². The molecule has 0 aliphatic carbocycles. The average molecular weight is 391 g/mol. The van der Waals surface area contributed by atoms with Crippen LogP contribution >= 0.6 is 0 Å². The third-order valence-electron chi connectivity index (χ3n) is 4.24. The van der Waals surface area contributed by atoms with Crippen molar-refractivity contribution in [2.75, 3.05) is 6.61 Å². The third-order valence-corrected chi connectivity index (χ3v) is 5.51. The van der Waals surface area contributed by atoms with Gasteiger partial charge in [-0.25, -0.2) is 4.79 Å². The third kappa shape index (κ3) is 5.65. The molecule has 0 aromatic heterocycles. The van der Waals surface area contributed by atoms with Gasteiger partial charge in [0.05, 0.1) is 17.1 Å². The zero-order valence-corrected chi connectivity index (χ0v) is 16.9. The van der Waals surface area contributed by atoms with E-state index >= 15 is 0 Å². The van der Waals surface area contributed by atoms with Gasteiger partial charge >= 0.3 is 5.97 Å². The first-order chi connectivity index (χ1) is 12.6. The van der Waals surface area contributed by atoms with Crippen LogP contribution in [0, 0.1) is 11.3 Å². The van der Waals surface area contributed by atoms with Crippen LogP contribution in [0.15, 0.2) is 65.6 Å². The summed E-state index contributed by atoms with van der Waals surface area (Å²) < 4.78 is 35.8. The lowest BCUT2D eigenvalue weighted by molar-refractivity contribution is -0.0419. The zero-order chi connectivity index (χ0) is 20.1. The molecule has 0 aliphatic rings. The number of esters is 1. The Morgan fingerprint density at radius 2 is 1.48 bits per heavy atom. The molecule has 0 N–H and O–H groups in total. The quantitative estimate of drug-likeness (QED) is 0.496. The summed E-state index contributed by atoms with van der Waals surface area (Å²) in [5, 5.41) is 0. The van der Waals surface area contributed by atoms with E-state index in [1.165, 1.54) is 12.1 Å². The number of carbonyl (C=O) groups excluding carboxylic acids is 1. The maximum absolute atomic E-state index is 12.4. The van der Waals surface area contributed by atoms with E-state index in [2.05, 4.69) is 0 Å². The fourth-order valence-corrected chi connectivity index (χ4v) is 4.01. The van der Waals surface area contributed by atoms with E-state index in [1.54, 1.807) is 42.5 Å². The van der Waals surface area contributed by atoms with Crippen LogP contribution in [-0.4, -0.2) is 27.1 Å². The van der Waals surface area contributed by atoms with Crippen LogP contribution in [0.3, 0.4) is 0 Å². The van der Waals surface area contributed by atoms with Gasteiger partial charge < -0.3 is 4.74 Å². The predicted molar refractivity (Wildman–Crippen MR) is 104 cm³/mol. The van der Waals surface area contributed by atoms with Gasteiger partial charge in [-0.2, -0.15) is 8.42 Å². The van der Waals surface area contributed by atoms with Gasteiger partial charge in [0.15, 0.2) is 0 Å². The van der Waals surface area contributed by atoms with Crippen LogP contribution in [0.25, 0.3) is 0 Å². The highest BCUT2D eigenvalue weighted by molar-refractivity contribution is 7.86. The SMILES string of the molecule is CC(C)C(OC(=O)c1ccccc1)C(C)(C)COS(=O)(=O)c1ccccc1. The molecule has 146 valence electrons. The molecule has 2 rings (SSSR count). The molecule has 1 atom stereocenters. The van der Waals surface area contributed by atoms with Crippen LogP contribution in [-0.2, 0) is 19.0 Å². The zero-order valence-electron chi connectivity index (χ0n) is 16.1. The van der Waals surface area contributed by atoms with Crippen LogP contribution in [0.1, 0.15) is 38.1 Å². The van der Waals surface area contributed by atoms with Crippen LogP contribution < -0.4 is 0 Å². The highest BCUT2D eigenvalue weighted by Gasteiger charge is 2.37. The van der Waals surface area contributed by atoms with Gasteiger partial charge in [0.1, 0.15) is 6.10 Å². The number of carbonyl (C=O) groups is 1. The van der Waals surface area contributed by atoms with Gasteiger partial charge in [0.2, 0.25) is 0 Å². The normalized spacial score (nSPS) is 13.4. The highest BCUT2D eigenvalue weighted by atomic mass is 32.2. The monoisotopic (exact) mass is 390 g/mol. The molecule has 2 aromatic rings. The van der Waals surface area contributed by atoms with E-state index in [4.69, 9.17) is 8.92 Å². The Balaban J connectivity index is 2.12. The Morgan fingerprint density at radius 1 is 0.963 bits per heavy atom. The van der Waals surface area contributed by atoms with E-state index in [-0.39, 0.29) is 17.4 Å². The molecule has 0 bridgehead atoms. The second-order valence-corrected chi connectivity index (χ2v) is 9.07. The number of rotatable bonds is 8. The van der Waals surface area contributed by atoms with E-state index in [1.807, 2.05) is 33.8 Å². The van der Waals surface area contributed by atoms with Crippen molar-refractivity contribution in [2.24, 2.45) is 11.3 Å². The average Bonchev–Trinajstić information content (AvgIpc) is 2.65. The Hall–Kier alpha value is -2.18. The predicted octanol–water partition coefficient (Wildman–Crippen LogP) is 4.30. The van der Waals surface area contributed by atoms with Gasteiger partial charge in [-0.3, -0.25) is 4.18 Å². The van der Waals surface area contributed by atoms with Crippen LogP contribution in [0.4, 0.5) is 0 Å². The molecule has 5 nitrogen and oxygen atoms in total. The number of hydrogen-bond acceptors (Lipinski definition) is 5. The molecule has 0 heterocycles. The van der Waals surface area contributed by atoms with Gasteiger partial charge in [-0.05, 0) is 30.2 Å². The Bertz CT molecular complexity index is 843. The van der Waals surface area contributed by atoms with Crippen molar-refractivity contribution < 1.29 is 22.1 Å². The van der Waals surface area contributed by atoms with E-state index in [0.29, 0.717) is 5.56 Å². The topological polar surface area (TPSA) is 69.7 Å². The summed E-state index contributed by atoms with van der Waals surface area (Å²) in [5.74, 6) is -0.455. The molecule has 1 unspecified atom stereocenters. The molecule has 0 aliphatic heterocycles. The summed E-state index contributed by atoms with van der Waals surface area (Å²) in [5.41, 5.74) is -0.253. The molecule has 0 amide bonds. The lowest BCUT2D eigenvalue weighted by Gasteiger charge is -2.36. The van der Waals surface area contributed by atoms with Crippen molar-refractivity contribution in [3.8, 4) is 0 Å². The summed E-state index contributed by atoms with van der Waals surface area (Å²) in [6.07, 6.45) is -0.517. The van der Waals surface area contributed by atoms with E-state index in [9.17, 15) is 13.2 Å². The number of hydrogen-bond donors (Lipinski definition) is 0. The summed E-state index contributed by atoms with van der Waals surface area (Å²) in [4.78, 5) is 12.5. The minimum Gasteiger partial charge on any atom is -0.458 e. The molecular formula is C21H26O5S. The van der Waals surface area contributed by atoms with Gasteiger partial charge in [-0.15, -0.1) is 0 Å². The Kier molecular flexibility index (Phi) is 6.78. The van der Waals surface area contributed by atoms with Crippen molar-refractivity contribution in [1.29, 1.82) is 0 Å². The standard InChI is InChI=1S/C21H26O5S/c1-16(2)19(26-20(22)17-11-7-5-8-12-17)21(3,4)15-25-27(23,24)18-13-9-6-10-14-18/h5-14,16,19H,15H2,1-4H3. The maximum atomic E-state index is 12.4. The lowest BCUT2D eigenvalue weighted by atomic mass is 9.81. The van der Waals surface area contributed by atoms with Crippen molar-refractivity contribution in [3.05, 3.63) is 66.2 Å². The van der Waals surface area contributed by atoms with Crippen LogP contribution in [0.5, 0.6) is 0 Å². The van der Waals surface area contributed by atoms with Crippen molar-refractivity contribution in [3.63, 3.8) is 0 Å². The first kappa shape index (κ1) is 21.1. The minimum atomic E-state index is -3.87. The molecule has 0 radical (unpaired) electrons. The number of benzene rings is 2. The minimum absolute atomic E-state index is 0.0179. The van der Waals surface area contributed by atoms with Crippen LogP contribution in [0.2, 0.25) is 0 Å². The smallest absolute Gasteiger partial charge is 0.338 e. The van der Waals surface area contributed by atoms with Crippen molar-refractivity contribution in [2.45, 2.75) is 38.7 Å². The Morgan fingerprint density at radius 3 is 2.00 bits per heavy atom. The first-order valence-corrected chi connectivity index (χ1v) is 10.2. The van der Waals surface area contributed by atoms with Gasteiger partial charge in [-0.1, -0.05) is 64.1 Å².